The molecule has 4 heterocycles. The lowest BCUT2D eigenvalue weighted by Crippen LogP contribution is -2.45. The van der Waals surface area contributed by atoms with E-state index < -0.39 is 75.4 Å². The summed E-state index contributed by atoms with van der Waals surface area (Å²) in [5.41, 5.74) is 0. The van der Waals surface area contributed by atoms with E-state index in [1.165, 1.54) is 41.8 Å². The molecule has 0 aliphatic carbocycles. The zero-order chi connectivity index (χ0) is 40.4. The van der Waals surface area contributed by atoms with Crippen LogP contribution >= 0.6 is 22.7 Å². The number of hydrogen-bond acceptors (Lipinski definition) is 10. The molecule has 2 aliphatic heterocycles. The SMILES string of the molecule is C=C.COC(=O)c1ccc(CCCN2C(=O)C(F)(F)C[C@@H]2CO)s1.COC(=O)c1ccc(CCCN2C(=O)C(F)(F)C[C@@H]2CO[Si](C)(C)C(C)(C)C)s1. The molecule has 53 heavy (non-hydrogen) atoms. The van der Waals surface area contributed by atoms with E-state index in [9.17, 15) is 36.7 Å². The first-order valence-electron chi connectivity index (χ1n) is 17.1. The Morgan fingerprint density at radius 3 is 1.60 bits per heavy atom. The van der Waals surface area contributed by atoms with Gasteiger partial charge >= 0.3 is 23.8 Å². The lowest BCUT2D eigenvalue weighted by molar-refractivity contribution is -0.148. The van der Waals surface area contributed by atoms with Crippen molar-refractivity contribution in [1.82, 2.24) is 9.80 Å². The van der Waals surface area contributed by atoms with E-state index in [1.807, 2.05) is 6.07 Å². The van der Waals surface area contributed by atoms with E-state index in [0.717, 1.165) is 14.7 Å². The Bertz CT molecular complexity index is 1540. The number of methoxy groups -OCH3 is 2. The van der Waals surface area contributed by atoms with Crippen LogP contribution in [0, 0.1) is 0 Å². The predicted molar refractivity (Wildman–Crippen MR) is 200 cm³/mol. The van der Waals surface area contributed by atoms with Crippen LogP contribution in [0.3, 0.4) is 0 Å². The Labute approximate surface area is 318 Å². The highest BCUT2D eigenvalue weighted by Gasteiger charge is 2.54. The normalized spacial score (nSPS) is 19.3. The second-order valence-electron chi connectivity index (χ2n) is 14.1. The molecular weight excluding hydrogens is 757 g/mol. The first-order valence-corrected chi connectivity index (χ1v) is 21.7. The van der Waals surface area contributed by atoms with Gasteiger partial charge in [0.25, 0.3) is 11.8 Å². The van der Waals surface area contributed by atoms with Gasteiger partial charge in [-0.1, -0.05) is 20.8 Å². The number of aryl methyl sites for hydroxylation is 2. The number of rotatable bonds is 14. The van der Waals surface area contributed by atoms with Gasteiger partial charge < -0.3 is 28.8 Å². The van der Waals surface area contributed by atoms with Crippen molar-refractivity contribution in [1.29, 1.82) is 0 Å². The minimum absolute atomic E-state index is 0.0283. The van der Waals surface area contributed by atoms with Gasteiger partial charge in [0, 0.05) is 35.7 Å². The zero-order valence-corrected chi connectivity index (χ0v) is 34.1. The number of esters is 2. The summed E-state index contributed by atoms with van der Waals surface area (Å²) in [6, 6.07) is 5.52. The number of aliphatic hydroxyl groups is 1. The molecule has 0 aromatic carbocycles. The molecule has 2 saturated heterocycles. The monoisotopic (exact) mass is 808 g/mol. The van der Waals surface area contributed by atoms with Crippen LogP contribution in [0.5, 0.6) is 0 Å². The topological polar surface area (TPSA) is 123 Å². The van der Waals surface area contributed by atoms with Crippen LogP contribution in [-0.2, 0) is 36.3 Å². The van der Waals surface area contributed by atoms with Gasteiger partial charge in [0.05, 0.1) is 39.5 Å². The average Bonchev–Trinajstić information content (AvgIpc) is 3.87. The van der Waals surface area contributed by atoms with Crippen LogP contribution in [0.1, 0.15) is 75.6 Å². The van der Waals surface area contributed by atoms with Crippen molar-refractivity contribution in [3.8, 4) is 0 Å². The summed E-state index contributed by atoms with van der Waals surface area (Å²) < 4.78 is 70.3. The van der Waals surface area contributed by atoms with Crippen molar-refractivity contribution >= 4 is 54.7 Å². The van der Waals surface area contributed by atoms with Crippen molar-refractivity contribution in [2.24, 2.45) is 0 Å². The highest BCUT2D eigenvalue weighted by atomic mass is 32.1. The molecule has 0 bridgehead atoms. The third-order valence-electron chi connectivity index (χ3n) is 9.41. The fraction of sp³-hybridized carbons (Fsp3) is 0.611. The molecule has 17 heteroatoms. The van der Waals surface area contributed by atoms with Crippen LogP contribution in [0.2, 0.25) is 18.1 Å². The molecule has 0 spiro atoms. The van der Waals surface area contributed by atoms with E-state index in [-0.39, 0.29) is 24.7 Å². The average molecular weight is 809 g/mol. The maximum Gasteiger partial charge on any atom is 0.348 e. The van der Waals surface area contributed by atoms with E-state index in [0.29, 0.717) is 35.4 Å². The summed E-state index contributed by atoms with van der Waals surface area (Å²) in [5.74, 6) is -9.84. The third kappa shape index (κ3) is 12.2. The smallest absolute Gasteiger partial charge is 0.348 e. The minimum Gasteiger partial charge on any atom is -0.465 e. The number of thiophene rings is 2. The summed E-state index contributed by atoms with van der Waals surface area (Å²) in [4.78, 5) is 51.8. The number of ether oxygens (including phenoxy) is 2. The van der Waals surface area contributed by atoms with Gasteiger partial charge in [-0.25, -0.2) is 9.59 Å². The number of likely N-dealkylation sites (tertiary alicyclic amines) is 2. The van der Waals surface area contributed by atoms with Crippen molar-refractivity contribution in [2.75, 3.05) is 40.5 Å². The number of carbonyl (C=O) groups is 4. The summed E-state index contributed by atoms with van der Waals surface area (Å²) in [5, 5.41) is 9.09. The molecule has 2 amide bonds. The quantitative estimate of drug-likeness (QED) is 0.0920. The first kappa shape index (κ1) is 46.0. The second-order valence-corrected chi connectivity index (χ2v) is 21.2. The van der Waals surface area contributed by atoms with Gasteiger partial charge in [-0.3, -0.25) is 9.59 Å². The Morgan fingerprint density at radius 2 is 1.23 bits per heavy atom. The maximum absolute atomic E-state index is 14.1. The highest BCUT2D eigenvalue weighted by Crippen LogP contribution is 2.39. The number of amides is 2. The molecule has 10 nitrogen and oxygen atoms in total. The number of carbonyl (C=O) groups excluding carboxylic acids is 4. The minimum atomic E-state index is -3.38. The van der Waals surface area contributed by atoms with Crippen molar-refractivity contribution in [3.05, 3.63) is 56.9 Å². The Morgan fingerprint density at radius 1 is 0.830 bits per heavy atom. The second kappa shape index (κ2) is 19.5. The number of aliphatic hydroxyl groups excluding tert-OH is 1. The van der Waals surface area contributed by atoms with Crippen LogP contribution in [0.25, 0.3) is 0 Å². The molecule has 0 saturated carbocycles. The van der Waals surface area contributed by atoms with Crippen LogP contribution < -0.4 is 0 Å². The third-order valence-corrected chi connectivity index (χ3v) is 16.2. The summed E-state index contributed by atoms with van der Waals surface area (Å²) in [6.07, 6.45) is 1.07. The molecule has 0 radical (unpaired) electrons. The Kier molecular flexibility index (Phi) is 16.9. The number of hydrogen-bond donors (Lipinski definition) is 1. The lowest BCUT2D eigenvalue weighted by atomic mass is 10.2. The predicted octanol–water partition coefficient (Wildman–Crippen LogP) is 7.22. The standard InChI is InChI=1S/C20H31F2NO4SSi.C14H17F2NO4S.C2H4/c1-19(2,3)29(5,6)27-13-14-12-20(21,22)18(25)23(14)11-7-8-15-9-10-16(28-15)17(24)26-4;1-21-12(19)11-5-4-10(22-11)3-2-6-17-9(8-18)7-14(15,16)13(17)20;1-2/h9-10,14H,7-8,11-13H2,1-6H3;4-5,9,18H,2-3,6-8H2,1H3;1-2H2/t14-;9-;/m11./s1. The molecule has 0 unspecified atom stereocenters. The van der Waals surface area contributed by atoms with Crippen LogP contribution in [0.4, 0.5) is 17.6 Å². The molecule has 2 aromatic heterocycles. The van der Waals surface area contributed by atoms with Gasteiger partial charge in [-0.05, 0) is 68.1 Å². The van der Waals surface area contributed by atoms with E-state index in [1.54, 1.807) is 18.2 Å². The molecule has 4 rings (SSSR count). The van der Waals surface area contributed by atoms with Gasteiger partial charge in [0.2, 0.25) is 0 Å². The van der Waals surface area contributed by atoms with E-state index in [4.69, 9.17) is 9.53 Å². The molecule has 2 aliphatic rings. The summed E-state index contributed by atoms with van der Waals surface area (Å²) in [6.45, 7) is 16.5. The molecule has 2 atom stereocenters. The Hall–Kier alpha value is -3.12. The molecular formula is C36H52F4N2O8S2Si. The number of halogens is 4. The van der Waals surface area contributed by atoms with E-state index >= 15 is 0 Å². The molecule has 1 N–H and O–H groups in total. The Balaban J connectivity index is 0.000000362. The molecule has 298 valence electrons. The molecule has 2 fully saturated rings. The van der Waals surface area contributed by atoms with Crippen molar-refractivity contribution in [2.45, 2.75) is 101 Å². The fourth-order valence-corrected chi connectivity index (χ4v) is 8.41. The fourth-order valence-electron chi connectivity index (χ4n) is 5.43. The summed E-state index contributed by atoms with van der Waals surface area (Å²) >= 11 is 2.60. The largest absolute Gasteiger partial charge is 0.465 e. The van der Waals surface area contributed by atoms with Gasteiger partial charge in [-0.15, -0.1) is 35.8 Å². The van der Waals surface area contributed by atoms with Crippen LogP contribution in [-0.4, -0.2) is 111 Å². The van der Waals surface area contributed by atoms with E-state index in [2.05, 4.69) is 56.5 Å². The number of alkyl halides is 4. The van der Waals surface area contributed by atoms with Crippen molar-refractivity contribution < 1.29 is 55.7 Å². The summed E-state index contributed by atoms with van der Waals surface area (Å²) in [7, 11) is 0.537. The van der Waals surface area contributed by atoms with Gasteiger partial charge in [0.15, 0.2) is 8.32 Å². The highest BCUT2D eigenvalue weighted by molar-refractivity contribution is 7.14. The van der Waals surface area contributed by atoms with Crippen LogP contribution in [0.15, 0.2) is 37.4 Å². The molecule has 2 aromatic rings. The van der Waals surface area contributed by atoms with Crippen molar-refractivity contribution in [3.63, 3.8) is 0 Å². The number of nitrogens with zero attached hydrogens (tertiary/aromatic N) is 2. The lowest BCUT2D eigenvalue weighted by Gasteiger charge is -2.37. The van der Waals surface area contributed by atoms with Gasteiger partial charge in [-0.2, -0.15) is 17.6 Å². The zero-order valence-electron chi connectivity index (χ0n) is 31.5. The van der Waals surface area contributed by atoms with Gasteiger partial charge in [0.1, 0.15) is 9.75 Å². The maximum atomic E-state index is 14.1. The first-order chi connectivity index (χ1) is 24.7.